The molecule has 0 aliphatic carbocycles. The lowest BCUT2D eigenvalue weighted by Gasteiger charge is -2.29. The summed E-state index contributed by atoms with van der Waals surface area (Å²) in [6, 6.07) is 12.9. The summed E-state index contributed by atoms with van der Waals surface area (Å²) in [5, 5.41) is 2.77. The van der Waals surface area contributed by atoms with Gasteiger partial charge in [-0.05, 0) is 43.7 Å². The second-order valence-electron chi connectivity index (χ2n) is 5.85. The topological polar surface area (TPSA) is 66.5 Å². The van der Waals surface area contributed by atoms with Gasteiger partial charge in [0.2, 0.25) is 15.9 Å². The predicted octanol–water partition coefficient (Wildman–Crippen LogP) is 2.86. The highest BCUT2D eigenvalue weighted by atomic mass is 32.2. The van der Waals surface area contributed by atoms with E-state index in [2.05, 4.69) is 5.32 Å². The van der Waals surface area contributed by atoms with E-state index < -0.39 is 22.0 Å². The Hall–Kier alpha value is -2.41. The van der Waals surface area contributed by atoms with Crippen molar-refractivity contribution in [3.8, 4) is 0 Å². The zero-order valence-electron chi connectivity index (χ0n) is 14.3. The van der Waals surface area contributed by atoms with Crippen LogP contribution in [0.1, 0.15) is 25.5 Å². The zero-order valence-corrected chi connectivity index (χ0v) is 15.1. The highest BCUT2D eigenvalue weighted by Crippen LogP contribution is 2.21. The summed E-state index contributed by atoms with van der Waals surface area (Å²) < 4.78 is 38.4. The highest BCUT2D eigenvalue weighted by molar-refractivity contribution is 7.92. The lowest BCUT2D eigenvalue weighted by Crippen LogP contribution is -2.48. The fourth-order valence-electron chi connectivity index (χ4n) is 2.55. The molecule has 25 heavy (non-hydrogen) atoms. The van der Waals surface area contributed by atoms with Gasteiger partial charge in [-0.3, -0.25) is 9.10 Å². The number of halogens is 1. The third-order valence-corrected chi connectivity index (χ3v) is 5.07. The van der Waals surface area contributed by atoms with Crippen molar-refractivity contribution in [1.82, 2.24) is 5.32 Å². The lowest BCUT2D eigenvalue weighted by molar-refractivity contribution is -0.122. The van der Waals surface area contributed by atoms with Crippen LogP contribution in [-0.2, 0) is 14.8 Å². The highest BCUT2D eigenvalue weighted by Gasteiger charge is 2.29. The van der Waals surface area contributed by atoms with Crippen LogP contribution in [0.25, 0.3) is 0 Å². The Morgan fingerprint density at radius 2 is 1.60 bits per heavy atom. The molecule has 0 aliphatic rings. The van der Waals surface area contributed by atoms with Crippen LogP contribution < -0.4 is 9.62 Å². The van der Waals surface area contributed by atoms with Gasteiger partial charge in [-0.1, -0.05) is 30.3 Å². The summed E-state index contributed by atoms with van der Waals surface area (Å²) in [5.74, 6) is -0.797. The molecule has 1 N–H and O–H groups in total. The van der Waals surface area contributed by atoms with Gasteiger partial charge in [-0.2, -0.15) is 0 Å². The van der Waals surface area contributed by atoms with Gasteiger partial charge in [-0.15, -0.1) is 0 Å². The Labute approximate surface area is 147 Å². The molecule has 5 nitrogen and oxygen atoms in total. The van der Waals surface area contributed by atoms with Crippen molar-refractivity contribution in [3.05, 3.63) is 66.0 Å². The fourth-order valence-corrected chi connectivity index (χ4v) is 3.73. The normalized spacial score (nSPS) is 13.8. The average molecular weight is 364 g/mol. The maximum atomic E-state index is 13.0. The van der Waals surface area contributed by atoms with Gasteiger partial charge in [0.25, 0.3) is 0 Å². The molecule has 7 heteroatoms. The maximum absolute atomic E-state index is 13.0. The SMILES string of the molecule is C[C@H](C(=O)N[C@H](C)c1ccc(F)cc1)N(c1ccccc1)S(C)(=O)=O. The molecule has 0 saturated heterocycles. The van der Waals surface area contributed by atoms with Gasteiger partial charge in [0, 0.05) is 0 Å². The van der Waals surface area contributed by atoms with Crippen LogP contribution in [0.2, 0.25) is 0 Å². The molecule has 0 aliphatic heterocycles. The van der Waals surface area contributed by atoms with E-state index in [0.717, 1.165) is 16.1 Å². The Kier molecular flexibility index (Phi) is 5.79. The monoisotopic (exact) mass is 364 g/mol. The minimum atomic E-state index is -3.65. The largest absolute Gasteiger partial charge is 0.348 e. The van der Waals surface area contributed by atoms with E-state index in [4.69, 9.17) is 0 Å². The van der Waals surface area contributed by atoms with E-state index in [1.165, 1.54) is 19.1 Å². The standard InChI is InChI=1S/C18H21FN2O3S/c1-13(15-9-11-16(19)12-10-15)20-18(22)14(2)21(25(3,23)24)17-7-5-4-6-8-17/h4-14H,1-3H3,(H,20,22)/t13-,14-/m1/s1. The number of carbonyl (C=O) groups is 1. The van der Waals surface area contributed by atoms with Gasteiger partial charge in [0.1, 0.15) is 11.9 Å². The molecule has 0 unspecified atom stereocenters. The smallest absolute Gasteiger partial charge is 0.244 e. The molecule has 2 aromatic rings. The first-order chi connectivity index (χ1) is 11.7. The fraction of sp³-hybridized carbons (Fsp3) is 0.278. The van der Waals surface area contributed by atoms with Crippen LogP contribution in [0, 0.1) is 5.82 Å². The minimum Gasteiger partial charge on any atom is -0.348 e. The number of carbonyl (C=O) groups excluding carboxylic acids is 1. The van der Waals surface area contributed by atoms with Crippen LogP contribution in [0.4, 0.5) is 10.1 Å². The van der Waals surface area contributed by atoms with Crippen molar-refractivity contribution in [2.45, 2.75) is 25.9 Å². The summed E-state index contributed by atoms with van der Waals surface area (Å²) in [6.45, 7) is 3.28. The number of amides is 1. The number of rotatable bonds is 6. The van der Waals surface area contributed by atoms with Crippen LogP contribution >= 0.6 is 0 Å². The van der Waals surface area contributed by atoms with E-state index in [1.807, 2.05) is 0 Å². The van der Waals surface area contributed by atoms with E-state index in [1.54, 1.807) is 49.4 Å². The van der Waals surface area contributed by atoms with Gasteiger partial charge < -0.3 is 5.32 Å². The molecule has 2 rings (SSSR count). The number of nitrogens with zero attached hydrogens (tertiary/aromatic N) is 1. The number of para-hydroxylation sites is 1. The molecule has 0 aromatic heterocycles. The average Bonchev–Trinajstić information content (AvgIpc) is 2.55. The molecule has 0 bridgehead atoms. The number of sulfonamides is 1. The Morgan fingerprint density at radius 1 is 1.04 bits per heavy atom. The second-order valence-corrected chi connectivity index (χ2v) is 7.71. The van der Waals surface area contributed by atoms with Crippen molar-refractivity contribution >= 4 is 21.6 Å². The molecule has 0 heterocycles. The molecule has 0 radical (unpaired) electrons. The first-order valence-corrected chi connectivity index (χ1v) is 9.65. The van der Waals surface area contributed by atoms with Gasteiger partial charge in [0.15, 0.2) is 0 Å². The lowest BCUT2D eigenvalue weighted by atomic mass is 10.1. The first kappa shape index (κ1) is 18.9. The van der Waals surface area contributed by atoms with Crippen molar-refractivity contribution in [2.75, 3.05) is 10.6 Å². The van der Waals surface area contributed by atoms with Gasteiger partial charge in [-0.25, -0.2) is 12.8 Å². The van der Waals surface area contributed by atoms with Crippen LogP contribution in [0.5, 0.6) is 0 Å². The van der Waals surface area contributed by atoms with Crippen LogP contribution in [-0.4, -0.2) is 26.6 Å². The molecule has 0 saturated carbocycles. The maximum Gasteiger partial charge on any atom is 0.244 e. The minimum absolute atomic E-state index is 0.358. The van der Waals surface area contributed by atoms with Crippen molar-refractivity contribution in [2.24, 2.45) is 0 Å². The first-order valence-electron chi connectivity index (χ1n) is 7.80. The number of anilines is 1. The molecule has 2 aromatic carbocycles. The summed E-state index contributed by atoms with van der Waals surface area (Å²) in [6.07, 6.45) is 1.06. The molecule has 0 spiro atoms. The van der Waals surface area contributed by atoms with E-state index in [-0.39, 0.29) is 11.9 Å². The van der Waals surface area contributed by atoms with E-state index in [9.17, 15) is 17.6 Å². The molecular formula is C18H21FN2O3S. The number of hydrogen-bond donors (Lipinski definition) is 1. The predicted molar refractivity (Wildman–Crippen MR) is 96.2 cm³/mol. The van der Waals surface area contributed by atoms with E-state index >= 15 is 0 Å². The van der Waals surface area contributed by atoms with Gasteiger partial charge >= 0.3 is 0 Å². The quantitative estimate of drug-likeness (QED) is 0.857. The molecule has 2 atom stereocenters. The molecular weight excluding hydrogens is 343 g/mol. The van der Waals surface area contributed by atoms with Crippen LogP contribution in [0.3, 0.4) is 0 Å². The molecule has 1 amide bonds. The van der Waals surface area contributed by atoms with E-state index in [0.29, 0.717) is 5.69 Å². The Bertz CT molecular complexity index is 823. The van der Waals surface area contributed by atoms with Crippen molar-refractivity contribution in [3.63, 3.8) is 0 Å². The number of nitrogens with one attached hydrogen (secondary N) is 1. The second kappa shape index (κ2) is 7.65. The summed E-state index contributed by atoms with van der Waals surface area (Å²) in [7, 11) is -3.65. The Balaban J connectivity index is 2.20. The van der Waals surface area contributed by atoms with Crippen LogP contribution in [0.15, 0.2) is 54.6 Å². The number of hydrogen-bond acceptors (Lipinski definition) is 3. The summed E-state index contributed by atoms with van der Waals surface area (Å²) in [5.41, 5.74) is 1.15. The molecule has 134 valence electrons. The van der Waals surface area contributed by atoms with Crippen molar-refractivity contribution in [1.29, 1.82) is 0 Å². The number of benzene rings is 2. The van der Waals surface area contributed by atoms with Gasteiger partial charge in [0.05, 0.1) is 18.0 Å². The molecule has 0 fully saturated rings. The van der Waals surface area contributed by atoms with Crippen molar-refractivity contribution < 1.29 is 17.6 Å². The summed E-state index contributed by atoms with van der Waals surface area (Å²) in [4.78, 5) is 12.6. The summed E-state index contributed by atoms with van der Waals surface area (Å²) >= 11 is 0. The third-order valence-electron chi connectivity index (χ3n) is 3.83. The zero-order chi connectivity index (χ0) is 18.6. The Morgan fingerprint density at radius 3 is 2.12 bits per heavy atom. The third kappa shape index (κ3) is 4.79.